The molecule has 0 aromatic heterocycles. The average Bonchev–Trinajstić information content (AvgIpc) is 2.22. The highest BCUT2D eigenvalue weighted by Crippen LogP contribution is 2.24. The first-order valence-electron chi connectivity index (χ1n) is 5.79. The highest BCUT2D eigenvalue weighted by molar-refractivity contribution is 6.27. The first kappa shape index (κ1) is 16.2. The van der Waals surface area contributed by atoms with Crippen molar-refractivity contribution in [2.45, 2.75) is 34.1 Å². The van der Waals surface area contributed by atoms with Gasteiger partial charge in [-0.1, -0.05) is 20.8 Å². The van der Waals surface area contributed by atoms with Gasteiger partial charge >= 0.3 is 6.09 Å². The van der Waals surface area contributed by atoms with Gasteiger partial charge in [0, 0.05) is 12.5 Å². The first-order valence-corrected chi connectivity index (χ1v) is 6.33. The molecule has 0 aliphatic rings. The zero-order chi connectivity index (χ0) is 13.5. The van der Waals surface area contributed by atoms with E-state index in [1.807, 2.05) is 20.8 Å². The summed E-state index contributed by atoms with van der Waals surface area (Å²) in [7, 11) is 0. The molecule has 5 heteroatoms. The third-order valence-corrected chi connectivity index (χ3v) is 2.48. The van der Waals surface area contributed by atoms with Crippen LogP contribution in [-0.2, 0) is 9.53 Å². The summed E-state index contributed by atoms with van der Waals surface area (Å²) >= 11 is 5.56. The second-order valence-electron chi connectivity index (χ2n) is 5.16. The molecule has 0 aliphatic carbocycles. The van der Waals surface area contributed by atoms with E-state index in [-0.39, 0.29) is 29.5 Å². The van der Waals surface area contributed by atoms with Crippen LogP contribution < -0.4 is 5.32 Å². The van der Waals surface area contributed by atoms with E-state index >= 15 is 0 Å². The molecule has 0 bridgehead atoms. The van der Waals surface area contributed by atoms with Gasteiger partial charge in [0.1, 0.15) is 0 Å². The Kier molecular flexibility index (Phi) is 7.19. The standard InChI is InChI=1S/C12H22ClNO3/c1-5-17-11(16)14-8-9(10(15)7-13)6-12(2,3)4/h9H,5-8H2,1-4H3,(H,14,16). The lowest BCUT2D eigenvalue weighted by Crippen LogP contribution is -2.35. The molecule has 17 heavy (non-hydrogen) atoms. The van der Waals surface area contributed by atoms with Crippen molar-refractivity contribution in [2.24, 2.45) is 11.3 Å². The van der Waals surface area contributed by atoms with Crippen LogP contribution in [-0.4, -0.2) is 30.9 Å². The van der Waals surface area contributed by atoms with E-state index in [4.69, 9.17) is 16.3 Å². The maximum absolute atomic E-state index is 11.6. The molecule has 1 amide bonds. The third-order valence-electron chi connectivity index (χ3n) is 2.21. The molecule has 0 radical (unpaired) electrons. The topological polar surface area (TPSA) is 55.4 Å². The number of alkyl carbamates (subject to hydrolysis) is 1. The minimum Gasteiger partial charge on any atom is -0.450 e. The molecule has 0 aromatic carbocycles. The Morgan fingerprint density at radius 2 is 1.94 bits per heavy atom. The Labute approximate surface area is 108 Å². The number of Topliss-reactive ketones (excluding diaryl/α,β-unsaturated/α-hetero) is 1. The molecule has 1 atom stereocenters. The second kappa shape index (κ2) is 7.54. The van der Waals surface area contributed by atoms with Crippen LogP contribution in [0.5, 0.6) is 0 Å². The number of halogens is 1. The minimum atomic E-state index is -0.492. The molecule has 0 aromatic rings. The predicted octanol–water partition coefficient (Wildman–Crippen LogP) is 2.59. The summed E-state index contributed by atoms with van der Waals surface area (Å²) in [5, 5.41) is 2.58. The van der Waals surface area contributed by atoms with Crippen LogP contribution in [0.15, 0.2) is 0 Å². The summed E-state index contributed by atoms with van der Waals surface area (Å²) in [5.74, 6) is -0.319. The molecule has 0 heterocycles. The van der Waals surface area contributed by atoms with Gasteiger partial charge in [0.25, 0.3) is 0 Å². The van der Waals surface area contributed by atoms with Crippen LogP contribution in [0, 0.1) is 11.3 Å². The molecule has 0 saturated carbocycles. The van der Waals surface area contributed by atoms with Crippen LogP contribution in [0.4, 0.5) is 4.79 Å². The molecule has 100 valence electrons. The highest BCUT2D eigenvalue weighted by atomic mass is 35.5. The second-order valence-corrected chi connectivity index (χ2v) is 5.43. The fourth-order valence-corrected chi connectivity index (χ4v) is 1.76. The van der Waals surface area contributed by atoms with Crippen molar-refractivity contribution in [3.8, 4) is 0 Å². The number of carbonyl (C=O) groups excluding carboxylic acids is 2. The number of carbonyl (C=O) groups is 2. The molecule has 4 nitrogen and oxygen atoms in total. The summed E-state index contributed by atoms with van der Waals surface area (Å²) in [5.41, 5.74) is 0.0166. The van der Waals surface area contributed by atoms with E-state index < -0.39 is 6.09 Å². The third kappa shape index (κ3) is 8.02. The van der Waals surface area contributed by atoms with Gasteiger partial charge < -0.3 is 10.1 Å². The van der Waals surface area contributed by atoms with E-state index in [1.165, 1.54) is 0 Å². The molecule has 1 unspecified atom stereocenters. The predicted molar refractivity (Wildman–Crippen MR) is 68.3 cm³/mol. The normalized spacial score (nSPS) is 13.0. The van der Waals surface area contributed by atoms with Crippen molar-refractivity contribution in [1.82, 2.24) is 5.32 Å². The summed E-state index contributed by atoms with van der Waals surface area (Å²) < 4.78 is 4.74. The van der Waals surface area contributed by atoms with Crippen molar-refractivity contribution in [2.75, 3.05) is 19.0 Å². The number of hydrogen-bond acceptors (Lipinski definition) is 3. The fraction of sp³-hybridized carbons (Fsp3) is 0.833. The van der Waals surface area contributed by atoms with Gasteiger partial charge in [-0.25, -0.2) is 4.79 Å². The molecular weight excluding hydrogens is 242 g/mol. The summed E-state index contributed by atoms with van der Waals surface area (Å²) in [4.78, 5) is 22.8. The lowest BCUT2D eigenvalue weighted by molar-refractivity contribution is -0.121. The van der Waals surface area contributed by atoms with E-state index in [2.05, 4.69) is 5.32 Å². The number of amides is 1. The van der Waals surface area contributed by atoms with E-state index in [0.717, 1.165) is 0 Å². The molecule has 0 saturated heterocycles. The molecule has 0 rings (SSSR count). The van der Waals surface area contributed by atoms with Crippen molar-refractivity contribution >= 4 is 23.5 Å². The van der Waals surface area contributed by atoms with Crippen LogP contribution in [0.3, 0.4) is 0 Å². The van der Waals surface area contributed by atoms with Crippen molar-refractivity contribution < 1.29 is 14.3 Å². The van der Waals surface area contributed by atoms with Crippen molar-refractivity contribution in [1.29, 1.82) is 0 Å². The quantitative estimate of drug-likeness (QED) is 0.750. The Morgan fingerprint density at radius 3 is 2.35 bits per heavy atom. The molecule has 0 spiro atoms. The Hall–Kier alpha value is -0.770. The smallest absolute Gasteiger partial charge is 0.407 e. The largest absolute Gasteiger partial charge is 0.450 e. The van der Waals surface area contributed by atoms with Gasteiger partial charge in [0.05, 0.1) is 12.5 Å². The number of rotatable bonds is 6. The van der Waals surface area contributed by atoms with Gasteiger partial charge in [-0.2, -0.15) is 0 Å². The SMILES string of the molecule is CCOC(=O)NCC(CC(C)(C)C)C(=O)CCl. The summed E-state index contributed by atoms with van der Waals surface area (Å²) in [6.07, 6.45) is 0.194. The number of ketones is 1. The zero-order valence-electron chi connectivity index (χ0n) is 11.0. The lowest BCUT2D eigenvalue weighted by atomic mass is 9.83. The zero-order valence-corrected chi connectivity index (χ0v) is 11.8. The molecular formula is C12H22ClNO3. The Morgan fingerprint density at radius 1 is 1.35 bits per heavy atom. The van der Waals surface area contributed by atoms with Gasteiger partial charge in [0.15, 0.2) is 5.78 Å². The summed E-state index contributed by atoms with van der Waals surface area (Å²) in [6.45, 7) is 8.47. The van der Waals surface area contributed by atoms with Crippen molar-refractivity contribution in [3.63, 3.8) is 0 Å². The minimum absolute atomic E-state index is 0.0166. The lowest BCUT2D eigenvalue weighted by Gasteiger charge is -2.24. The van der Waals surface area contributed by atoms with Crippen LogP contribution in [0.2, 0.25) is 0 Å². The number of nitrogens with one attached hydrogen (secondary N) is 1. The van der Waals surface area contributed by atoms with E-state index in [0.29, 0.717) is 13.0 Å². The Bertz CT molecular complexity index is 261. The monoisotopic (exact) mass is 263 g/mol. The fourth-order valence-electron chi connectivity index (χ4n) is 1.54. The number of ether oxygens (including phenoxy) is 1. The van der Waals surface area contributed by atoms with Crippen LogP contribution >= 0.6 is 11.6 Å². The van der Waals surface area contributed by atoms with Crippen LogP contribution in [0.1, 0.15) is 34.1 Å². The number of alkyl halides is 1. The van der Waals surface area contributed by atoms with E-state index in [9.17, 15) is 9.59 Å². The maximum atomic E-state index is 11.6. The molecule has 0 aliphatic heterocycles. The Balaban J connectivity index is 4.30. The summed E-state index contributed by atoms with van der Waals surface area (Å²) in [6, 6.07) is 0. The van der Waals surface area contributed by atoms with Gasteiger partial charge in [0.2, 0.25) is 0 Å². The van der Waals surface area contributed by atoms with Crippen LogP contribution in [0.25, 0.3) is 0 Å². The van der Waals surface area contributed by atoms with Crippen molar-refractivity contribution in [3.05, 3.63) is 0 Å². The molecule has 0 fully saturated rings. The average molecular weight is 264 g/mol. The van der Waals surface area contributed by atoms with E-state index in [1.54, 1.807) is 6.92 Å². The maximum Gasteiger partial charge on any atom is 0.407 e. The first-order chi connectivity index (χ1) is 7.80. The molecule has 1 N–H and O–H groups in total. The highest BCUT2D eigenvalue weighted by Gasteiger charge is 2.24. The van der Waals surface area contributed by atoms with Gasteiger partial charge in [-0.3, -0.25) is 4.79 Å². The van der Waals surface area contributed by atoms with Gasteiger partial charge in [-0.15, -0.1) is 11.6 Å². The number of hydrogen-bond donors (Lipinski definition) is 1. The van der Waals surface area contributed by atoms with Gasteiger partial charge in [-0.05, 0) is 18.8 Å².